The number of rotatable bonds is 5. The summed E-state index contributed by atoms with van der Waals surface area (Å²) >= 11 is 10.5. The molecule has 0 unspecified atom stereocenters. The third-order valence-electron chi connectivity index (χ3n) is 3.28. The van der Waals surface area contributed by atoms with Crippen molar-refractivity contribution in [2.24, 2.45) is 5.92 Å². The van der Waals surface area contributed by atoms with Gasteiger partial charge >= 0.3 is 0 Å². The van der Waals surface area contributed by atoms with Gasteiger partial charge in [0.15, 0.2) is 0 Å². The van der Waals surface area contributed by atoms with Crippen LogP contribution >= 0.6 is 46.0 Å². The molecule has 0 spiro atoms. The largest absolute Gasteiger partial charge is 0.236 e. The summed E-state index contributed by atoms with van der Waals surface area (Å²) in [6.07, 6.45) is 6.43. The van der Waals surface area contributed by atoms with Gasteiger partial charge in [-0.1, -0.05) is 38.3 Å². The van der Waals surface area contributed by atoms with E-state index in [9.17, 15) is 0 Å². The predicted molar refractivity (Wildman–Crippen MR) is 91.9 cm³/mol. The molecule has 106 valence electrons. The third-order valence-corrected chi connectivity index (χ3v) is 6.37. The number of hydrogen-bond acceptors (Lipinski definition) is 3. The second kappa shape index (κ2) is 7.46. The summed E-state index contributed by atoms with van der Waals surface area (Å²) in [6.45, 7) is 4.41. The molecule has 0 aliphatic heterocycles. The molecule has 1 aliphatic carbocycles. The lowest BCUT2D eigenvalue weighted by molar-refractivity contribution is 0.629. The van der Waals surface area contributed by atoms with E-state index in [1.165, 1.54) is 25.7 Å². The van der Waals surface area contributed by atoms with Crippen LogP contribution in [0.25, 0.3) is 0 Å². The van der Waals surface area contributed by atoms with E-state index >= 15 is 0 Å². The average molecular weight is 411 g/mol. The third kappa shape index (κ3) is 4.74. The van der Waals surface area contributed by atoms with Gasteiger partial charge in [-0.3, -0.25) is 0 Å². The summed E-state index contributed by atoms with van der Waals surface area (Å²) in [5.41, 5.74) is 1.11. The topological polar surface area (TPSA) is 25.8 Å². The molecule has 5 heteroatoms. The maximum atomic E-state index is 6.23. The maximum absolute atomic E-state index is 6.23. The van der Waals surface area contributed by atoms with Crippen LogP contribution in [0.5, 0.6) is 0 Å². The molecule has 19 heavy (non-hydrogen) atoms. The smallest absolute Gasteiger partial charge is 0.146 e. The molecular formula is C14H20ClIN2S. The second-order valence-electron chi connectivity index (χ2n) is 5.51. The van der Waals surface area contributed by atoms with Crippen molar-refractivity contribution in [1.29, 1.82) is 0 Å². The van der Waals surface area contributed by atoms with E-state index < -0.39 is 0 Å². The van der Waals surface area contributed by atoms with E-state index in [0.29, 0.717) is 11.1 Å². The highest BCUT2D eigenvalue weighted by Crippen LogP contribution is 2.31. The van der Waals surface area contributed by atoms with Gasteiger partial charge in [0.05, 0.1) is 15.0 Å². The van der Waals surface area contributed by atoms with Crippen molar-refractivity contribution in [3.05, 3.63) is 20.2 Å². The van der Waals surface area contributed by atoms with E-state index in [1.807, 2.05) is 11.8 Å². The van der Waals surface area contributed by atoms with E-state index in [0.717, 1.165) is 32.5 Å². The first-order chi connectivity index (χ1) is 9.06. The van der Waals surface area contributed by atoms with E-state index in [2.05, 4.69) is 41.4 Å². The first kappa shape index (κ1) is 15.8. The average Bonchev–Trinajstić information content (AvgIpc) is 2.85. The molecule has 0 radical (unpaired) electrons. The lowest BCUT2D eigenvalue weighted by Gasteiger charge is -2.11. The molecule has 0 saturated heterocycles. The Morgan fingerprint density at radius 3 is 2.63 bits per heavy atom. The minimum atomic E-state index is 0.592. The fourth-order valence-electron chi connectivity index (χ4n) is 2.35. The summed E-state index contributed by atoms with van der Waals surface area (Å²) in [5.74, 6) is 2.39. The highest BCUT2D eigenvalue weighted by molar-refractivity contribution is 14.1. The lowest BCUT2D eigenvalue weighted by atomic mass is 10.1. The summed E-state index contributed by atoms with van der Waals surface area (Å²) in [5, 5.41) is 1.42. The van der Waals surface area contributed by atoms with Gasteiger partial charge in [-0.2, -0.15) is 11.8 Å². The lowest BCUT2D eigenvalue weighted by Crippen LogP contribution is -2.07. The molecule has 1 aliphatic rings. The summed E-state index contributed by atoms with van der Waals surface area (Å²) in [4.78, 5) is 9.14. The van der Waals surface area contributed by atoms with Crippen molar-refractivity contribution < 1.29 is 0 Å². The Morgan fingerprint density at radius 1 is 1.32 bits per heavy atom. The molecule has 1 heterocycles. The van der Waals surface area contributed by atoms with Crippen molar-refractivity contribution in [3.8, 4) is 0 Å². The van der Waals surface area contributed by atoms with Crippen molar-refractivity contribution in [1.82, 2.24) is 9.97 Å². The SMILES string of the molecule is CC(C)Cc1nc(CSC2CCCC2)nc(Cl)c1I. The van der Waals surface area contributed by atoms with Crippen molar-refractivity contribution in [3.63, 3.8) is 0 Å². The van der Waals surface area contributed by atoms with Crippen molar-refractivity contribution in [2.75, 3.05) is 0 Å². The van der Waals surface area contributed by atoms with Crippen molar-refractivity contribution >= 4 is 46.0 Å². The minimum Gasteiger partial charge on any atom is -0.236 e. The van der Waals surface area contributed by atoms with Crippen LogP contribution in [-0.2, 0) is 12.2 Å². The Kier molecular flexibility index (Phi) is 6.21. The van der Waals surface area contributed by atoms with Gasteiger partial charge in [-0.05, 0) is 47.8 Å². The van der Waals surface area contributed by atoms with Gasteiger partial charge in [-0.25, -0.2) is 9.97 Å². The second-order valence-corrected chi connectivity index (χ2v) is 8.23. The van der Waals surface area contributed by atoms with E-state index in [4.69, 9.17) is 16.6 Å². The Morgan fingerprint density at radius 2 is 2.00 bits per heavy atom. The molecule has 1 aromatic heterocycles. The van der Waals surface area contributed by atoms with Gasteiger partial charge in [0.1, 0.15) is 11.0 Å². The Balaban J connectivity index is 2.05. The quantitative estimate of drug-likeness (QED) is 0.498. The minimum absolute atomic E-state index is 0.592. The maximum Gasteiger partial charge on any atom is 0.146 e. The van der Waals surface area contributed by atoms with Crippen LogP contribution in [0, 0.1) is 9.49 Å². The standard InChI is InChI=1S/C14H20ClIN2S/c1-9(2)7-11-13(16)14(15)18-12(17-11)8-19-10-5-3-4-6-10/h9-10H,3-8H2,1-2H3. The molecule has 0 aromatic carbocycles. The monoisotopic (exact) mass is 410 g/mol. The fraction of sp³-hybridized carbons (Fsp3) is 0.714. The zero-order chi connectivity index (χ0) is 13.8. The molecule has 1 aromatic rings. The van der Waals surface area contributed by atoms with Gasteiger partial charge in [0.2, 0.25) is 0 Å². The van der Waals surface area contributed by atoms with Crippen LogP contribution in [0.1, 0.15) is 51.0 Å². The van der Waals surface area contributed by atoms with E-state index in [-0.39, 0.29) is 0 Å². The van der Waals surface area contributed by atoms with Gasteiger partial charge in [0.25, 0.3) is 0 Å². The molecule has 2 nitrogen and oxygen atoms in total. The summed E-state index contributed by atoms with van der Waals surface area (Å²) in [6, 6.07) is 0. The van der Waals surface area contributed by atoms with Crippen LogP contribution in [0.3, 0.4) is 0 Å². The first-order valence-electron chi connectivity index (χ1n) is 6.88. The predicted octanol–water partition coefficient (Wildman–Crippen LogP) is 5.11. The fourth-order valence-corrected chi connectivity index (χ4v) is 4.19. The Bertz CT molecular complexity index is 434. The molecule has 0 N–H and O–H groups in total. The normalized spacial score (nSPS) is 16.5. The molecule has 0 atom stereocenters. The Hall–Kier alpha value is 0.450. The van der Waals surface area contributed by atoms with Crippen LogP contribution < -0.4 is 0 Å². The number of hydrogen-bond donors (Lipinski definition) is 0. The highest BCUT2D eigenvalue weighted by Gasteiger charge is 2.17. The first-order valence-corrected chi connectivity index (χ1v) is 9.39. The van der Waals surface area contributed by atoms with Crippen LogP contribution in [0.15, 0.2) is 0 Å². The zero-order valence-corrected chi connectivity index (χ0v) is 15.2. The van der Waals surface area contributed by atoms with Crippen LogP contribution in [0.2, 0.25) is 5.15 Å². The van der Waals surface area contributed by atoms with Crippen molar-refractivity contribution in [2.45, 2.75) is 57.0 Å². The number of thioether (sulfide) groups is 1. The Labute approximate surface area is 138 Å². The zero-order valence-electron chi connectivity index (χ0n) is 11.5. The summed E-state index contributed by atoms with van der Waals surface area (Å²) < 4.78 is 1.02. The molecular weight excluding hydrogens is 391 g/mol. The van der Waals surface area contributed by atoms with E-state index in [1.54, 1.807) is 0 Å². The molecule has 0 amide bonds. The molecule has 1 saturated carbocycles. The molecule has 1 fully saturated rings. The number of aromatic nitrogens is 2. The molecule has 2 rings (SSSR count). The van der Waals surface area contributed by atoms with Gasteiger partial charge in [-0.15, -0.1) is 0 Å². The summed E-state index contributed by atoms with van der Waals surface area (Å²) in [7, 11) is 0. The number of nitrogens with zero attached hydrogens (tertiary/aromatic N) is 2. The highest BCUT2D eigenvalue weighted by atomic mass is 127. The van der Waals surface area contributed by atoms with Gasteiger partial charge in [0, 0.05) is 5.25 Å². The van der Waals surface area contributed by atoms with Crippen LogP contribution in [0.4, 0.5) is 0 Å². The number of halogens is 2. The van der Waals surface area contributed by atoms with Crippen LogP contribution in [-0.4, -0.2) is 15.2 Å². The molecule has 0 bridgehead atoms. The van der Waals surface area contributed by atoms with Gasteiger partial charge < -0.3 is 0 Å².